The number of carbonyl (C=O) groups is 1. The van der Waals surface area contributed by atoms with Crippen molar-refractivity contribution in [2.75, 3.05) is 7.05 Å². The summed E-state index contributed by atoms with van der Waals surface area (Å²) >= 11 is 0. The van der Waals surface area contributed by atoms with Crippen LogP contribution in [-0.4, -0.2) is 27.8 Å². The van der Waals surface area contributed by atoms with E-state index in [-0.39, 0.29) is 11.6 Å². The minimum atomic E-state index is -0.467. The van der Waals surface area contributed by atoms with Gasteiger partial charge in [0.15, 0.2) is 0 Å². The van der Waals surface area contributed by atoms with Crippen LogP contribution >= 0.6 is 0 Å². The van der Waals surface area contributed by atoms with E-state index in [4.69, 9.17) is 0 Å². The van der Waals surface area contributed by atoms with Gasteiger partial charge >= 0.3 is 0 Å². The van der Waals surface area contributed by atoms with Gasteiger partial charge in [0.2, 0.25) is 5.91 Å². The molecule has 0 fully saturated rings. The van der Waals surface area contributed by atoms with Crippen LogP contribution in [0.3, 0.4) is 0 Å². The van der Waals surface area contributed by atoms with Crippen molar-refractivity contribution in [2.24, 2.45) is 0 Å². The van der Waals surface area contributed by atoms with E-state index in [2.05, 4.69) is 4.98 Å². The first-order valence-corrected chi connectivity index (χ1v) is 6.63. The van der Waals surface area contributed by atoms with Gasteiger partial charge in [-0.1, -0.05) is 12.1 Å². The topological polar surface area (TPSA) is 76.3 Å². The van der Waals surface area contributed by atoms with Gasteiger partial charge in [-0.2, -0.15) is 0 Å². The van der Waals surface area contributed by atoms with Gasteiger partial charge in [-0.15, -0.1) is 0 Å². The molecule has 0 aliphatic rings. The molecule has 1 heterocycles. The van der Waals surface area contributed by atoms with Gasteiger partial charge in [0.05, 0.1) is 10.5 Å². The van der Waals surface area contributed by atoms with Crippen LogP contribution in [0.4, 0.5) is 5.69 Å². The molecular formula is C16H15N3O3. The van der Waals surface area contributed by atoms with Crippen molar-refractivity contribution >= 4 is 17.7 Å². The second-order valence-corrected chi connectivity index (χ2v) is 4.70. The Hall–Kier alpha value is -3.02. The minimum absolute atomic E-state index is 0.0247. The second kappa shape index (κ2) is 7.12. The third-order valence-electron chi connectivity index (χ3n) is 3.08. The summed E-state index contributed by atoms with van der Waals surface area (Å²) in [5, 5.41) is 10.9. The van der Waals surface area contributed by atoms with E-state index in [0.717, 1.165) is 5.56 Å². The number of carbonyl (C=O) groups excluding carboxylic acids is 1. The fraction of sp³-hybridized carbons (Fsp3) is 0.125. The van der Waals surface area contributed by atoms with E-state index >= 15 is 0 Å². The zero-order valence-corrected chi connectivity index (χ0v) is 12.0. The predicted molar refractivity (Wildman–Crippen MR) is 82.8 cm³/mol. The molecule has 0 saturated carbocycles. The van der Waals surface area contributed by atoms with Crippen molar-refractivity contribution in [1.29, 1.82) is 0 Å². The van der Waals surface area contributed by atoms with Crippen molar-refractivity contribution in [3.63, 3.8) is 0 Å². The van der Waals surface area contributed by atoms with Gasteiger partial charge < -0.3 is 4.90 Å². The van der Waals surface area contributed by atoms with E-state index in [1.807, 2.05) is 12.1 Å². The maximum absolute atomic E-state index is 12.1. The Labute approximate surface area is 127 Å². The molecule has 2 rings (SSSR count). The summed E-state index contributed by atoms with van der Waals surface area (Å²) in [5.74, 6) is -0.227. The molecule has 6 heteroatoms. The number of para-hydroxylation sites is 1. The quantitative estimate of drug-likeness (QED) is 0.483. The monoisotopic (exact) mass is 297 g/mol. The molecule has 0 aliphatic heterocycles. The molecular weight excluding hydrogens is 282 g/mol. The molecule has 1 amide bonds. The zero-order valence-electron chi connectivity index (χ0n) is 12.0. The molecule has 0 aliphatic carbocycles. The van der Waals surface area contributed by atoms with E-state index in [0.29, 0.717) is 12.1 Å². The number of rotatable bonds is 5. The van der Waals surface area contributed by atoms with E-state index < -0.39 is 4.92 Å². The lowest BCUT2D eigenvalue weighted by Crippen LogP contribution is -2.24. The number of likely N-dealkylation sites (N-methyl/N-ethyl adjacent to an activating group) is 1. The van der Waals surface area contributed by atoms with Crippen LogP contribution in [0.25, 0.3) is 6.08 Å². The van der Waals surface area contributed by atoms with Gasteiger partial charge in [-0.05, 0) is 29.8 Å². The van der Waals surface area contributed by atoms with Crippen LogP contribution in [0, 0.1) is 10.1 Å². The van der Waals surface area contributed by atoms with E-state index in [9.17, 15) is 14.9 Å². The van der Waals surface area contributed by atoms with Crippen LogP contribution in [0.1, 0.15) is 11.1 Å². The molecule has 0 radical (unpaired) electrons. The van der Waals surface area contributed by atoms with Gasteiger partial charge in [0, 0.05) is 38.1 Å². The average molecular weight is 297 g/mol. The van der Waals surface area contributed by atoms with E-state index in [1.54, 1.807) is 37.6 Å². The first kappa shape index (κ1) is 15.4. The predicted octanol–water partition coefficient (Wildman–Crippen LogP) is 2.66. The number of hydrogen-bond acceptors (Lipinski definition) is 4. The van der Waals surface area contributed by atoms with Crippen LogP contribution in [0.15, 0.2) is 54.9 Å². The zero-order chi connectivity index (χ0) is 15.9. The normalized spacial score (nSPS) is 10.6. The number of nitrogens with zero attached hydrogens (tertiary/aromatic N) is 3. The second-order valence-electron chi connectivity index (χ2n) is 4.70. The molecule has 0 spiro atoms. The Balaban J connectivity index is 2.07. The number of nitro benzene ring substituents is 1. The Morgan fingerprint density at radius 2 is 1.95 bits per heavy atom. The molecule has 0 atom stereocenters. The summed E-state index contributed by atoms with van der Waals surface area (Å²) in [6, 6.07) is 9.95. The Kier molecular flexibility index (Phi) is 4.98. The van der Waals surface area contributed by atoms with Crippen LogP contribution in [0.5, 0.6) is 0 Å². The van der Waals surface area contributed by atoms with Gasteiger partial charge in [0.1, 0.15) is 0 Å². The molecule has 1 aromatic heterocycles. The molecule has 1 aromatic carbocycles. The summed E-state index contributed by atoms with van der Waals surface area (Å²) in [6.45, 7) is 0.447. The number of benzene rings is 1. The molecule has 0 unspecified atom stereocenters. The van der Waals surface area contributed by atoms with Gasteiger partial charge in [0.25, 0.3) is 5.69 Å². The first-order valence-electron chi connectivity index (χ1n) is 6.63. The highest BCUT2D eigenvalue weighted by Gasteiger charge is 2.11. The van der Waals surface area contributed by atoms with Crippen molar-refractivity contribution in [3.8, 4) is 0 Å². The SMILES string of the molecule is CN(Cc1ccncc1)C(=O)/C=C/c1ccccc1[N+](=O)[O-]. The minimum Gasteiger partial charge on any atom is -0.338 e. The first-order chi connectivity index (χ1) is 10.6. The Morgan fingerprint density at radius 3 is 2.64 bits per heavy atom. The molecule has 6 nitrogen and oxygen atoms in total. The number of nitro groups is 1. The van der Waals surface area contributed by atoms with Crippen LogP contribution in [0.2, 0.25) is 0 Å². The number of pyridine rings is 1. The Bertz CT molecular complexity index is 699. The molecule has 0 bridgehead atoms. The third kappa shape index (κ3) is 3.99. The summed E-state index contributed by atoms with van der Waals surface area (Å²) in [4.78, 5) is 27.9. The van der Waals surface area contributed by atoms with E-state index in [1.165, 1.54) is 23.1 Å². The number of aromatic nitrogens is 1. The summed E-state index contributed by atoms with van der Waals surface area (Å²) in [7, 11) is 1.67. The maximum atomic E-state index is 12.1. The lowest BCUT2D eigenvalue weighted by atomic mass is 10.1. The molecule has 112 valence electrons. The fourth-order valence-corrected chi connectivity index (χ4v) is 1.92. The van der Waals surface area contributed by atoms with Crippen LogP contribution < -0.4 is 0 Å². The fourth-order valence-electron chi connectivity index (χ4n) is 1.92. The van der Waals surface area contributed by atoms with Crippen molar-refractivity contribution in [2.45, 2.75) is 6.54 Å². The highest BCUT2D eigenvalue weighted by molar-refractivity contribution is 5.92. The Morgan fingerprint density at radius 1 is 1.27 bits per heavy atom. The summed E-state index contributed by atoms with van der Waals surface area (Å²) in [5.41, 5.74) is 1.34. The van der Waals surface area contributed by atoms with Crippen LogP contribution in [-0.2, 0) is 11.3 Å². The van der Waals surface area contributed by atoms with Crippen molar-refractivity contribution in [1.82, 2.24) is 9.88 Å². The molecule has 22 heavy (non-hydrogen) atoms. The molecule has 2 aromatic rings. The highest BCUT2D eigenvalue weighted by atomic mass is 16.6. The summed E-state index contributed by atoms with van der Waals surface area (Å²) in [6.07, 6.45) is 6.13. The van der Waals surface area contributed by atoms with Gasteiger partial charge in [-0.3, -0.25) is 19.9 Å². The third-order valence-corrected chi connectivity index (χ3v) is 3.08. The van der Waals surface area contributed by atoms with Crippen molar-refractivity contribution < 1.29 is 9.72 Å². The smallest absolute Gasteiger partial charge is 0.276 e. The standard InChI is InChI=1S/C16H15N3O3/c1-18(12-13-8-10-17-11-9-13)16(20)7-6-14-4-2-3-5-15(14)19(21)22/h2-11H,12H2,1H3/b7-6+. The van der Waals surface area contributed by atoms with Gasteiger partial charge in [-0.25, -0.2) is 0 Å². The lowest BCUT2D eigenvalue weighted by Gasteiger charge is -2.14. The number of hydrogen-bond donors (Lipinski definition) is 0. The largest absolute Gasteiger partial charge is 0.338 e. The highest BCUT2D eigenvalue weighted by Crippen LogP contribution is 2.19. The number of amides is 1. The summed E-state index contributed by atoms with van der Waals surface area (Å²) < 4.78 is 0. The average Bonchev–Trinajstić information content (AvgIpc) is 2.53. The molecule has 0 N–H and O–H groups in total. The molecule has 0 saturated heterocycles. The maximum Gasteiger partial charge on any atom is 0.276 e. The van der Waals surface area contributed by atoms with Crippen molar-refractivity contribution in [3.05, 3.63) is 76.1 Å². The lowest BCUT2D eigenvalue weighted by molar-refractivity contribution is -0.385.